The maximum atomic E-state index is 11.3. The van der Waals surface area contributed by atoms with E-state index in [1.54, 1.807) is 18.2 Å². The van der Waals surface area contributed by atoms with Gasteiger partial charge >= 0.3 is 5.97 Å². The summed E-state index contributed by atoms with van der Waals surface area (Å²) in [5, 5.41) is 15.1. The molecule has 19 heavy (non-hydrogen) atoms. The van der Waals surface area contributed by atoms with Crippen LogP contribution in [0.4, 0.5) is 5.69 Å². The van der Waals surface area contributed by atoms with Gasteiger partial charge in [0.25, 0.3) is 0 Å². The quantitative estimate of drug-likeness (QED) is 0.885. The standard InChI is InChI=1S/C12H7BrN2O4/c13-9-10(12(17)18)15-19-11(9)5-1-2-7-6(3-5)4-8(16)14-7/h1-3H,4H2,(H,14,16)(H,17,18). The molecule has 0 unspecified atom stereocenters. The Balaban J connectivity index is 2.07. The second-order valence-corrected chi connectivity index (χ2v) is 4.87. The molecule has 0 radical (unpaired) electrons. The van der Waals surface area contributed by atoms with Gasteiger partial charge in [0, 0.05) is 11.3 Å². The van der Waals surface area contributed by atoms with Gasteiger partial charge in [-0.2, -0.15) is 0 Å². The summed E-state index contributed by atoms with van der Waals surface area (Å²) in [6.07, 6.45) is 0.306. The Morgan fingerprint density at radius 3 is 2.95 bits per heavy atom. The average molecular weight is 323 g/mol. The van der Waals surface area contributed by atoms with Crippen molar-refractivity contribution in [3.8, 4) is 11.3 Å². The van der Waals surface area contributed by atoms with Crippen LogP contribution in [0.3, 0.4) is 0 Å². The van der Waals surface area contributed by atoms with Crippen LogP contribution in [0.1, 0.15) is 16.1 Å². The van der Waals surface area contributed by atoms with Gasteiger partial charge in [-0.05, 0) is 39.7 Å². The second-order valence-electron chi connectivity index (χ2n) is 4.08. The van der Waals surface area contributed by atoms with Crippen LogP contribution in [0.25, 0.3) is 11.3 Å². The van der Waals surface area contributed by atoms with Crippen LogP contribution in [0.5, 0.6) is 0 Å². The van der Waals surface area contributed by atoms with Crippen molar-refractivity contribution >= 4 is 33.5 Å². The molecule has 0 fully saturated rings. The number of nitrogens with one attached hydrogen (secondary N) is 1. The maximum absolute atomic E-state index is 11.3. The summed E-state index contributed by atoms with van der Waals surface area (Å²) in [6.45, 7) is 0. The number of nitrogens with zero attached hydrogens (tertiary/aromatic N) is 1. The van der Waals surface area contributed by atoms with Crippen molar-refractivity contribution in [3.63, 3.8) is 0 Å². The minimum absolute atomic E-state index is 0.0602. The number of anilines is 1. The molecule has 2 heterocycles. The predicted molar refractivity (Wildman–Crippen MR) is 68.9 cm³/mol. The Morgan fingerprint density at radius 1 is 1.47 bits per heavy atom. The molecule has 7 heteroatoms. The van der Waals surface area contributed by atoms with Crippen LogP contribution >= 0.6 is 15.9 Å². The van der Waals surface area contributed by atoms with Gasteiger partial charge in [-0.3, -0.25) is 4.79 Å². The number of fused-ring (bicyclic) bond motifs is 1. The first kappa shape index (κ1) is 11.9. The molecular weight excluding hydrogens is 316 g/mol. The van der Waals surface area contributed by atoms with E-state index in [0.717, 1.165) is 11.3 Å². The number of halogens is 1. The van der Waals surface area contributed by atoms with Crippen LogP contribution in [-0.4, -0.2) is 22.1 Å². The first-order chi connectivity index (χ1) is 9.06. The van der Waals surface area contributed by atoms with Crippen LogP contribution in [0.15, 0.2) is 27.2 Å². The Kier molecular flexibility index (Phi) is 2.63. The van der Waals surface area contributed by atoms with Crippen molar-refractivity contribution in [3.05, 3.63) is 33.9 Å². The van der Waals surface area contributed by atoms with Crippen LogP contribution < -0.4 is 5.32 Å². The zero-order valence-electron chi connectivity index (χ0n) is 9.44. The van der Waals surface area contributed by atoms with Gasteiger partial charge in [0.1, 0.15) is 4.47 Å². The lowest BCUT2D eigenvalue weighted by Crippen LogP contribution is -2.03. The molecule has 1 aliphatic rings. The van der Waals surface area contributed by atoms with E-state index in [4.69, 9.17) is 9.63 Å². The summed E-state index contributed by atoms with van der Waals surface area (Å²) in [7, 11) is 0. The van der Waals surface area contributed by atoms with E-state index in [9.17, 15) is 9.59 Å². The predicted octanol–water partition coefficient (Wildman–Crippen LogP) is 2.30. The monoisotopic (exact) mass is 322 g/mol. The number of hydrogen-bond acceptors (Lipinski definition) is 4. The topological polar surface area (TPSA) is 92.4 Å². The molecule has 2 N–H and O–H groups in total. The molecule has 6 nitrogen and oxygen atoms in total. The van der Waals surface area contributed by atoms with E-state index in [2.05, 4.69) is 26.4 Å². The fraction of sp³-hybridized carbons (Fsp3) is 0.0833. The molecule has 0 saturated carbocycles. The van der Waals surface area contributed by atoms with Gasteiger partial charge < -0.3 is 14.9 Å². The lowest BCUT2D eigenvalue weighted by molar-refractivity contribution is -0.115. The van der Waals surface area contributed by atoms with Gasteiger partial charge in [0.2, 0.25) is 11.6 Å². The molecular formula is C12H7BrN2O4. The number of amides is 1. The van der Waals surface area contributed by atoms with Crippen LogP contribution in [-0.2, 0) is 11.2 Å². The molecule has 1 aliphatic heterocycles. The highest BCUT2D eigenvalue weighted by Crippen LogP contribution is 2.34. The Morgan fingerprint density at radius 2 is 2.26 bits per heavy atom. The van der Waals surface area contributed by atoms with Crippen molar-refractivity contribution in [1.82, 2.24) is 5.16 Å². The molecule has 1 aromatic heterocycles. The Bertz CT molecular complexity index is 708. The van der Waals surface area contributed by atoms with E-state index >= 15 is 0 Å². The van der Waals surface area contributed by atoms with Gasteiger partial charge in [0.15, 0.2) is 5.76 Å². The number of aromatic carboxylic acids is 1. The third kappa shape index (κ3) is 1.91. The number of rotatable bonds is 2. The summed E-state index contributed by atoms with van der Waals surface area (Å²) in [6, 6.07) is 5.27. The highest BCUT2D eigenvalue weighted by Gasteiger charge is 2.23. The molecule has 1 amide bonds. The average Bonchev–Trinajstić information content (AvgIpc) is 2.89. The summed E-state index contributed by atoms with van der Waals surface area (Å²) in [5.41, 5.74) is 2.11. The summed E-state index contributed by atoms with van der Waals surface area (Å²) in [4.78, 5) is 22.2. The SMILES string of the molecule is O=C1Cc2cc(-c3onc(C(=O)O)c3Br)ccc2N1. The Hall–Kier alpha value is -2.15. The van der Waals surface area contributed by atoms with Gasteiger partial charge in [-0.1, -0.05) is 5.16 Å². The zero-order chi connectivity index (χ0) is 13.6. The number of hydrogen-bond donors (Lipinski definition) is 2. The molecule has 96 valence electrons. The molecule has 0 aliphatic carbocycles. The summed E-state index contributed by atoms with van der Waals surface area (Å²) in [5.74, 6) is -0.894. The largest absolute Gasteiger partial charge is 0.476 e. The Labute approximate surface area is 115 Å². The van der Waals surface area contributed by atoms with E-state index in [1.165, 1.54) is 0 Å². The number of carbonyl (C=O) groups excluding carboxylic acids is 1. The van der Waals surface area contributed by atoms with E-state index in [-0.39, 0.29) is 16.1 Å². The second kappa shape index (κ2) is 4.20. The van der Waals surface area contributed by atoms with Gasteiger partial charge in [-0.15, -0.1) is 0 Å². The van der Waals surface area contributed by atoms with Crippen LogP contribution in [0, 0.1) is 0 Å². The minimum atomic E-state index is -1.17. The van der Waals surface area contributed by atoms with Crippen molar-refractivity contribution < 1.29 is 19.2 Å². The lowest BCUT2D eigenvalue weighted by Gasteiger charge is -2.01. The van der Waals surface area contributed by atoms with Crippen molar-refractivity contribution in [1.29, 1.82) is 0 Å². The third-order valence-electron chi connectivity index (χ3n) is 2.83. The third-order valence-corrected chi connectivity index (χ3v) is 3.57. The molecule has 0 spiro atoms. The fourth-order valence-corrected chi connectivity index (χ4v) is 2.51. The lowest BCUT2D eigenvalue weighted by atomic mass is 10.1. The van der Waals surface area contributed by atoms with E-state index in [0.29, 0.717) is 17.7 Å². The van der Waals surface area contributed by atoms with Crippen molar-refractivity contribution in [2.24, 2.45) is 0 Å². The molecule has 0 atom stereocenters. The molecule has 1 aromatic carbocycles. The summed E-state index contributed by atoms with van der Waals surface area (Å²) >= 11 is 3.16. The number of carboxylic acids is 1. The molecule has 3 rings (SSSR count). The van der Waals surface area contributed by atoms with Gasteiger partial charge in [-0.25, -0.2) is 4.79 Å². The van der Waals surface area contributed by atoms with Crippen molar-refractivity contribution in [2.45, 2.75) is 6.42 Å². The molecule has 2 aromatic rings. The smallest absolute Gasteiger partial charge is 0.359 e. The fourth-order valence-electron chi connectivity index (χ4n) is 1.96. The molecule has 0 bridgehead atoms. The van der Waals surface area contributed by atoms with Crippen molar-refractivity contribution in [2.75, 3.05) is 5.32 Å². The minimum Gasteiger partial charge on any atom is -0.476 e. The first-order valence-electron chi connectivity index (χ1n) is 5.38. The molecule has 0 saturated heterocycles. The number of aromatic nitrogens is 1. The first-order valence-corrected chi connectivity index (χ1v) is 6.17. The normalized spacial score (nSPS) is 13.2. The highest BCUT2D eigenvalue weighted by atomic mass is 79.9. The number of carboxylic acid groups (broad SMARTS) is 1. The highest BCUT2D eigenvalue weighted by molar-refractivity contribution is 9.10. The van der Waals surface area contributed by atoms with Gasteiger partial charge in [0.05, 0.1) is 6.42 Å². The maximum Gasteiger partial charge on any atom is 0.359 e. The van der Waals surface area contributed by atoms with E-state index < -0.39 is 5.97 Å². The van der Waals surface area contributed by atoms with E-state index in [1.807, 2.05) is 0 Å². The number of benzene rings is 1. The summed E-state index contributed by atoms with van der Waals surface area (Å²) < 4.78 is 5.34. The zero-order valence-corrected chi connectivity index (χ0v) is 11.0. The number of carbonyl (C=O) groups is 2. The van der Waals surface area contributed by atoms with Crippen LogP contribution in [0.2, 0.25) is 0 Å².